The first-order chi connectivity index (χ1) is 12.1. The Morgan fingerprint density at radius 1 is 1.04 bits per heavy atom. The largest absolute Gasteiger partial charge is 0.486 e. The van der Waals surface area contributed by atoms with E-state index in [2.05, 4.69) is 5.32 Å². The van der Waals surface area contributed by atoms with E-state index in [9.17, 15) is 9.59 Å². The summed E-state index contributed by atoms with van der Waals surface area (Å²) in [4.78, 5) is 25.0. The summed E-state index contributed by atoms with van der Waals surface area (Å²) in [5.74, 6) is 0.981. The van der Waals surface area contributed by atoms with Gasteiger partial charge in [0.05, 0.1) is 5.56 Å². The third kappa shape index (κ3) is 2.71. The van der Waals surface area contributed by atoms with Crippen molar-refractivity contribution < 1.29 is 14.3 Å². The number of aromatic nitrogens is 1. The molecule has 1 amide bonds. The molecule has 6 nitrogen and oxygen atoms in total. The van der Waals surface area contributed by atoms with Crippen molar-refractivity contribution in [2.45, 2.75) is 0 Å². The van der Waals surface area contributed by atoms with E-state index in [4.69, 9.17) is 9.47 Å². The Kier molecular flexibility index (Phi) is 3.65. The first-order valence-electron chi connectivity index (χ1n) is 7.93. The number of anilines is 1. The molecule has 126 valence electrons. The van der Waals surface area contributed by atoms with Crippen LogP contribution in [0.25, 0.3) is 10.8 Å². The molecule has 3 aromatic rings. The van der Waals surface area contributed by atoms with E-state index < -0.39 is 0 Å². The molecule has 2 heterocycles. The van der Waals surface area contributed by atoms with Gasteiger partial charge in [0.25, 0.3) is 11.5 Å². The Labute approximate surface area is 143 Å². The predicted molar refractivity (Wildman–Crippen MR) is 94.6 cm³/mol. The Balaban J connectivity index is 1.71. The quantitative estimate of drug-likeness (QED) is 0.781. The van der Waals surface area contributed by atoms with Gasteiger partial charge in [-0.15, -0.1) is 0 Å². The highest BCUT2D eigenvalue weighted by atomic mass is 16.6. The van der Waals surface area contributed by atoms with Gasteiger partial charge in [0.1, 0.15) is 13.2 Å². The summed E-state index contributed by atoms with van der Waals surface area (Å²) in [6.45, 7) is 0.999. The minimum absolute atomic E-state index is 0.133. The van der Waals surface area contributed by atoms with Crippen molar-refractivity contribution in [2.24, 2.45) is 7.05 Å². The lowest BCUT2D eigenvalue weighted by Gasteiger charge is -2.19. The molecule has 0 saturated carbocycles. The number of hydrogen-bond acceptors (Lipinski definition) is 4. The zero-order valence-corrected chi connectivity index (χ0v) is 13.6. The van der Waals surface area contributed by atoms with Gasteiger partial charge in [-0.3, -0.25) is 9.59 Å². The number of benzene rings is 2. The summed E-state index contributed by atoms with van der Waals surface area (Å²) in [6, 6.07) is 12.3. The lowest BCUT2D eigenvalue weighted by molar-refractivity contribution is 0.102. The second-order valence-electron chi connectivity index (χ2n) is 5.82. The maximum absolute atomic E-state index is 12.8. The molecule has 0 spiro atoms. The van der Waals surface area contributed by atoms with Crippen LogP contribution in [0.15, 0.2) is 53.5 Å². The van der Waals surface area contributed by atoms with Crippen molar-refractivity contribution in [1.82, 2.24) is 4.57 Å². The molecule has 0 atom stereocenters. The first-order valence-corrected chi connectivity index (χ1v) is 7.93. The SMILES string of the molecule is Cn1cc(C(=O)Nc2ccc3c(c2)OCCO3)c2ccccc2c1=O. The number of aryl methyl sites for hydroxylation is 1. The Morgan fingerprint density at radius 2 is 1.76 bits per heavy atom. The van der Waals surface area contributed by atoms with Gasteiger partial charge in [-0.05, 0) is 18.2 Å². The normalized spacial score (nSPS) is 12.8. The van der Waals surface area contributed by atoms with Crippen LogP contribution in [0.2, 0.25) is 0 Å². The molecule has 2 aromatic carbocycles. The van der Waals surface area contributed by atoms with Gasteiger partial charge in [0.2, 0.25) is 0 Å². The fourth-order valence-electron chi connectivity index (χ4n) is 2.92. The van der Waals surface area contributed by atoms with Crippen LogP contribution in [0.5, 0.6) is 11.5 Å². The number of carbonyl (C=O) groups excluding carboxylic acids is 1. The summed E-state index contributed by atoms with van der Waals surface area (Å²) >= 11 is 0. The zero-order valence-electron chi connectivity index (χ0n) is 13.6. The molecule has 1 N–H and O–H groups in total. The monoisotopic (exact) mass is 336 g/mol. The molecule has 0 radical (unpaired) electrons. The third-order valence-electron chi connectivity index (χ3n) is 4.14. The van der Waals surface area contributed by atoms with Crippen LogP contribution in [-0.4, -0.2) is 23.7 Å². The van der Waals surface area contributed by atoms with E-state index in [0.29, 0.717) is 46.7 Å². The van der Waals surface area contributed by atoms with E-state index in [1.807, 2.05) is 6.07 Å². The first kappa shape index (κ1) is 15.3. The molecule has 0 saturated heterocycles. The molecule has 0 unspecified atom stereocenters. The minimum Gasteiger partial charge on any atom is -0.486 e. The van der Waals surface area contributed by atoms with Crippen LogP contribution >= 0.6 is 0 Å². The van der Waals surface area contributed by atoms with Crippen molar-refractivity contribution >= 4 is 22.4 Å². The predicted octanol–water partition coefficient (Wildman–Crippen LogP) is 2.56. The molecule has 4 rings (SSSR count). The number of pyridine rings is 1. The van der Waals surface area contributed by atoms with Crippen LogP contribution in [0.3, 0.4) is 0 Å². The number of nitrogens with one attached hydrogen (secondary N) is 1. The second kappa shape index (κ2) is 5.98. The Morgan fingerprint density at radius 3 is 2.56 bits per heavy atom. The molecule has 25 heavy (non-hydrogen) atoms. The molecule has 0 fully saturated rings. The highest BCUT2D eigenvalue weighted by molar-refractivity contribution is 6.12. The van der Waals surface area contributed by atoms with Crippen LogP contribution < -0.4 is 20.3 Å². The number of amides is 1. The Hall–Kier alpha value is -3.28. The van der Waals surface area contributed by atoms with Crippen molar-refractivity contribution in [2.75, 3.05) is 18.5 Å². The molecule has 6 heteroatoms. The lowest BCUT2D eigenvalue weighted by Crippen LogP contribution is -2.21. The number of hydrogen-bond donors (Lipinski definition) is 1. The van der Waals surface area contributed by atoms with Gasteiger partial charge in [-0.1, -0.05) is 18.2 Å². The topological polar surface area (TPSA) is 69.6 Å². The minimum atomic E-state index is -0.288. The highest BCUT2D eigenvalue weighted by Crippen LogP contribution is 2.32. The second-order valence-corrected chi connectivity index (χ2v) is 5.82. The summed E-state index contributed by atoms with van der Waals surface area (Å²) in [6.07, 6.45) is 1.55. The van der Waals surface area contributed by atoms with Crippen molar-refractivity contribution in [3.63, 3.8) is 0 Å². The molecule has 1 aromatic heterocycles. The van der Waals surface area contributed by atoms with Crippen LogP contribution in [-0.2, 0) is 7.05 Å². The van der Waals surface area contributed by atoms with Gasteiger partial charge < -0.3 is 19.4 Å². The lowest BCUT2D eigenvalue weighted by atomic mass is 10.1. The summed E-state index contributed by atoms with van der Waals surface area (Å²) < 4.78 is 12.4. The standard InChI is InChI=1S/C19H16N2O4/c1-21-11-15(13-4-2-3-5-14(13)19(21)23)18(22)20-12-6-7-16-17(10-12)25-9-8-24-16/h2-7,10-11H,8-9H2,1H3,(H,20,22). The smallest absolute Gasteiger partial charge is 0.258 e. The van der Waals surface area contributed by atoms with E-state index in [1.54, 1.807) is 49.6 Å². The van der Waals surface area contributed by atoms with E-state index >= 15 is 0 Å². The van der Waals surface area contributed by atoms with E-state index in [0.717, 1.165) is 0 Å². The zero-order chi connectivity index (χ0) is 17.4. The number of rotatable bonds is 2. The third-order valence-corrected chi connectivity index (χ3v) is 4.14. The van der Waals surface area contributed by atoms with Crippen LogP contribution in [0.1, 0.15) is 10.4 Å². The molecular formula is C19H16N2O4. The van der Waals surface area contributed by atoms with Crippen molar-refractivity contribution in [1.29, 1.82) is 0 Å². The van der Waals surface area contributed by atoms with Gasteiger partial charge in [-0.2, -0.15) is 0 Å². The van der Waals surface area contributed by atoms with Crippen LogP contribution in [0.4, 0.5) is 5.69 Å². The summed E-state index contributed by atoms with van der Waals surface area (Å²) in [7, 11) is 1.63. The fraction of sp³-hybridized carbons (Fsp3) is 0.158. The van der Waals surface area contributed by atoms with Crippen molar-refractivity contribution in [3.8, 4) is 11.5 Å². The highest BCUT2D eigenvalue weighted by Gasteiger charge is 2.16. The number of fused-ring (bicyclic) bond motifs is 2. The molecule has 1 aliphatic heterocycles. The maximum atomic E-state index is 12.8. The summed E-state index contributed by atoms with van der Waals surface area (Å²) in [5, 5.41) is 4.00. The van der Waals surface area contributed by atoms with E-state index in [-0.39, 0.29) is 11.5 Å². The fourth-order valence-corrected chi connectivity index (χ4v) is 2.92. The summed E-state index contributed by atoms with van der Waals surface area (Å²) in [5.41, 5.74) is 0.909. The van der Waals surface area contributed by atoms with Gasteiger partial charge in [-0.25, -0.2) is 0 Å². The Bertz CT molecular complexity index is 1040. The van der Waals surface area contributed by atoms with Crippen molar-refractivity contribution in [3.05, 3.63) is 64.6 Å². The number of ether oxygens (including phenoxy) is 2. The average molecular weight is 336 g/mol. The number of carbonyl (C=O) groups is 1. The molecule has 0 aliphatic carbocycles. The average Bonchev–Trinajstić information content (AvgIpc) is 2.64. The van der Waals surface area contributed by atoms with E-state index in [1.165, 1.54) is 4.57 Å². The van der Waals surface area contributed by atoms with Gasteiger partial charge in [0, 0.05) is 35.8 Å². The van der Waals surface area contributed by atoms with Crippen LogP contribution in [0, 0.1) is 0 Å². The van der Waals surface area contributed by atoms with Gasteiger partial charge in [0.15, 0.2) is 11.5 Å². The number of nitrogens with zero attached hydrogens (tertiary/aromatic N) is 1. The van der Waals surface area contributed by atoms with Gasteiger partial charge >= 0.3 is 0 Å². The molecular weight excluding hydrogens is 320 g/mol. The molecule has 1 aliphatic rings. The molecule has 0 bridgehead atoms. The maximum Gasteiger partial charge on any atom is 0.258 e.